The van der Waals surface area contributed by atoms with Crippen LogP contribution < -0.4 is 10.6 Å². The molecule has 0 heterocycles. The summed E-state index contributed by atoms with van der Waals surface area (Å²) in [6.07, 6.45) is 5.97. The molecule has 0 amide bonds. The van der Waals surface area contributed by atoms with Gasteiger partial charge in [0.15, 0.2) is 5.84 Å². The first kappa shape index (κ1) is 13.6. The molecule has 0 spiro atoms. The highest BCUT2D eigenvalue weighted by atomic mass is 19.1. The van der Waals surface area contributed by atoms with E-state index in [-0.39, 0.29) is 11.7 Å². The summed E-state index contributed by atoms with van der Waals surface area (Å²) in [6.45, 7) is 0. The van der Waals surface area contributed by atoms with Crippen LogP contribution in [-0.2, 0) is 0 Å². The molecule has 0 atom stereocenters. The first-order valence-corrected chi connectivity index (χ1v) is 6.63. The Morgan fingerprint density at radius 2 is 2.05 bits per heavy atom. The predicted molar refractivity (Wildman–Crippen MR) is 74.2 cm³/mol. The highest BCUT2D eigenvalue weighted by molar-refractivity contribution is 6.02. The van der Waals surface area contributed by atoms with Gasteiger partial charge in [0.2, 0.25) is 0 Å². The zero-order chi connectivity index (χ0) is 13.8. The summed E-state index contributed by atoms with van der Waals surface area (Å²) in [6, 6.07) is 4.84. The molecule has 5 heteroatoms. The number of oxime groups is 1. The largest absolute Gasteiger partial charge is 0.409 e. The third-order valence-electron chi connectivity index (χ3n) is 3.84. The smallest absolute Gasteiger partial charge is 0.172 e. The first-order chi connectivity index (χ1) is 9.13. The monoisotopic (exact) mass is 265 g/mol. The molecular weight excluding hydrogens is 245 g/mol. The Morgan fingerprint density at radius 3 is 2.68 bits per heavy atom. The van der Waals surface area contributed by atoms with Crippen LogP contribution in [0, 0.1) is 5.82 Å². The zero-order valence-corrected chi connectivity index (χ0v) is 11.1. The van der Waals surface area contributed by atoms with Gasteiger partial charge in [-0.15, -0.1) is 0 Å². The predicted octanol–water partition coefficient (Wildman–Crippen LogP) is 2.69. The van der Waals surface area contributed by atoms with Crippen LogP contribution in [0.5, 0.6) is 0 Å². The number of benzene rings is 1. The third-order valence-corrected chi connectivity index (χ3v) is 3.84. The van der Waals surface area contributed by atoms with Crippen molar-refractivity contribution in [2.24, 2.45) is 10.9 Å². The summed E-state index contributed by atoms with van der Waals surface area (Å²) in [7, 11) is 1.98. The molecule has 1 fully saturated rings. The number of rotatable bonds is 3. The van der Waals surface area contributed by atoms with Crippen molar-refractivity contribution in [3.8, 4) is 0 Å². The molecule has 1 aliphatic carbocycles. The minimum absolute atomic E-state index is 0.0582. The zero-order valence-electron chi connectivity index (χ0n) is 11.1. The van der Waals surface area contributed by atoms with Crippen molar-refractivity contribution in [3.63, 3.8) is 0 Å². The van der Waals surface area contributed by atoms with E-state index in [1.165, 1.54) is 31.4 Å². The van der Waals surface area contributed by atoms with E-state index in [1.54, 1.807) is 6.07 Å². The molecule has 0 aromatic heterocycles. The Balaban J connectivity index is 2.32. The Kier molecular flexibility index (Phi) is 4.24. The molecule has 0 radical (unpaired) electrons. The molecule has 0 bridgehead atoms. The van der Waals surface area contributed by atoms with Crippen LogP contribution in [0.2, 0.25) is 0 Å². The van der Waals surface area contributed by atoms with E-state index in [0.717, 1.165) is 18.5 Å². The summed E-state index contributed by atoms with van der Waals surface area (Å²) in [4.78, 5) is 2.12. The molecule has 0 unspecified atom stereocenters. The normalized spacial score (nSPS) is 17.5. The van der Waals surface area contributed by atoms with Gasteiger partial charge in [-0.25, -0.2) is 4.39 Å². The number of nitrogens with two attached hydrogens (primary N) is 1. The summed E-state index contributed by atoms with van der Waals surface area (Å²) in [5, 5.41) is 11.8. The number of hydrogen-bond acceptors (Lipinski definition) is 3. The highest BCUT2D eigenvalue weighted by Crippen LogP contribution is 2.28. The van der Waals surface area contributed by atoms with Crippen LogP contribution in [0.15, 0.2) is 23.4 Å². The average Bonchev–Trinajstić information content (AvgIpc) is 2.46. The molecule has 4 nitrogen and oxygen atoms in total. The fourth-order valence-electron chi connectivity index (χ4n) is 2.74. The molecule has 0 aliphatic heterocycles. The average molecular weight is 265 g/mol. The van der Waals surface area contributed by atoms with Crippen LogP contribution in [0.3, 0.4) is 0 Å². The lowest BCUT2D eigenvalue weighted by Gasteiger charge is -2.34. The lowest BCUT2D eigenvalue weighted by atomic mass is 9.93. The fourth-order valence-corrected chi connectivity index (χ4v) is 2.74. The lowest BCUT2D eigenvalue weighted by molar-refractivity contribution is 0.318. The molecule has 1 aromatic carbocycles. The second-order valence-electron chi connectivity index (χ2n) is 5.05. The SMILES string of the molecule is CN(c1ccc(F)cc1C(N)=NO)C1CCCCC1. The van der Waals surface area contributed by atoms with E-state index >= 15 is 0 Å². The maximum Gasteiger partial charge on any atom is 0.172 e. The number of nitrogens with zero attached hydrogens (tertiary/aromatic N) is 2. The maximum atomic E-state index is 13.3. The van der Waals surface area contributed by atoms with E-state index < -0.39 is 0 Å². The van der Waals surface area contributed by atoms with Crippen LogP contribution in [0.4, 0.5) is 10.1 Å². The molecule has 3 N–H and O–H groups in total. The number of hydrogen-bond donors (Lipinski definition) is 2. The fraction of sp³-hybridized carbons (Fsp3) is 0.500. The van der Waals surface area contributed by atoms with Crippen molar-refractivity contribution in [2.75, 3.05) is 11.9 Å². The molecule has 1 aliphatic rings. The highest BCUT2D eigenvalue weighted by Gasteiger charge is 2.21. The van der Waals surface area contributed by atoms with E-state index in [1.807, 2.05) is 7.05 Å². The molecule has 0 saturated heterocycles. The van der Waals surface area contributed by atoms with Crippen molar-refractivity contribution in [1.82, 2.24) is 0 Å². The molecule has 1 saturated carbocycles. The Hall–Kier alpha value is -1.78. The second-order valence-corrected chi connectivity index (χ2v) is 5.05. The quantitative estimate of drug-likeness (QED) is 0.382. The van der Waals surface area contributed by atoms with Crippen molar-refractivity contribution < 1.29 is 9.60 Å². The Morgan fingerprint density at radius 1 is 1.37 bits per heavy atom. The molecule has 1 aromatic rings. The van der Waals surface area contributed by atoms with Crippen molar-refractivity contribution in [2.45, 2.75) is 38.1 Å². The minimum Gasteiger partial charge on any atom is -0.409 e. The van der Waals surface area contributed by atoms with E-state index in [9.17, 15) is 4.39 Å². The van der Waals surface area contributed by atoms with Gasteiger partial charge in [0.25, 0.3) is 0 Å². The van der Waals surface area contributed by atoms with Gasteiger partial charge in [-0.05, 0) is 31.0 Å². The van der Waals surface area contributed by atoms with Crippen LogP contribution in [0.25, 0.3) is 0 Å². The summed E-state index contributed by atoms with van der Waals surface area (Å²) < 4.78 is 13.3. The van der Waals surface area contributed by atoms with Gasteiger partial charge >= 0.3 is 0 Å². The summed E-state index contributed by atoms with van der Waals surface area (Å²) in [5.41, 5.74) is 6.89. The van der Waals surface area contributed by atoms with Gasteiger partial charge in [0.1, 0.15) is 5.82 Å². The second kappa shape index (κ2) is 5.91. The summed E-state index contributed by atoms with van der Waals surface area (Å²) in [5.74, 6) is -0.445. The van der Waals surface area contributed by atoms with Crippen LogP contribution in [0.1, 0.15) is 37.7 Å². The Labute approximate surface area is 112 Å². The van der Waals surface area contributed by atoms with Crippen molar-refractivity contribution in [1.29, 1.82) is 0 Å². The standard InChI is InChI=1S/C14H20FN3O/c1-18(11-5-3-2-4-6-11)13-8-7-10(15)9-12(13)14(16)17-19/h7-9,11,19H,2-6H2,1H3,(H2,16,17). The molecule has 19 heavy (non-hydrogen) atoms. The topological polar surface area (TPSA) is 61.8 Å². The summed E-state index contributed by atoms with van der Waals surface area (Å²) >= 11 is 0. The third kappa shape index (κ3) is 2.97. The molecular formula is C14H20FN3O. The maximum absolute atomic E-state index is 13.3. The van der Waals surface area contributed by atoms with E-state index in [0.29, 0.717) is 11.6 Å². The number of amidine groups is 1. The van der Waals surface area contributed by atoms with E-state index in [4.69, 9.17) is 10.9 Å². The van der Waals surface area contributed by atoms with Gasteiger partial charge in [-0.2, -0.15) is 0 Å². The first-order valence-electron chi connectivity index (χ1n) is 6.63. The Bertz CT molecular complexity index is 470. The van der Waals surface area contributed by atoms with Gasteiger partial charge in [-0.1, -0.05) is 24.4 Å². The lowest BCUT2D eigenvalue weighted by Crippen LogP contribution is -2.35. The van der Waals surface area contributed by atoms with Gasteiger partial charge in [-0.3, -0.25) is 0 Å². The van der Waals surface area contributed by atoms with Gasteiger partial charge in [0.05, 0.1) is 0 Å². The van der Waals surface area contributed by atoms with Gasteiger partial charge < -0.3 is 15.8 Å². The molecule has 2 rings (SSSR count). The van der Waals surface area contributed by atoms with Gasteiger partial charge in [0, 0.05) is 24.3 Å². The number of anilines is 1. The van der Waals surface area contributed by atoms with Crippen molar-refractivity contribution >= 4 is 11.5 Å². The minimum atomic E-state index is -0.387. The van der Waals surface area contributed by atoms with Crippen LogP contribution >= 0.6 is 0 Å². The van der Waals surface area contributed by atoms with Crippen LogP contribution in [-0.4, -0.2) is 24.1 Å². The number of halogens is 1. The molecule has 104 valence electrons. The van der Waals surface area contributed by atoms with Crippen molar-refractivity contribution in [3.05, 3.63) is 29.6 Å². The van der Waals surface area contributed by atoms with E-state index in [2.05, 4.69) is 10.1 Å².